The average molecular weight is 510 g/mol. The number of methoxy groups -OCH3 is 1. The van der Waals surface area contributed by atoms with E-state index in [1.807, 2.05) is 6.08 Å². The number of piperidine rings is 1. The normalized spacial score (nSPS) is 15.7. The predicted octanol–water partition coefficient (Wildman–Crippen LogP) is 3.23. The summed E-state index contributed by atoms with van der Waals surface area (Å²) in [7, 11) is 3.16. The number of likely N-dealkylation sites (tertiary alicyclic amines) is 1. The highest BCUT2D eigenvalue weighted by molar-refractivity contribution is 14.0. The van der Waals surface area contributed by atoms with Crippen LogP contribution in [0.25, 0.3) is 0 Å². The van der Waals surface area contributed by atoms with Crippen LogP contribution in [0.4, 0.5) is 8.78 Å². The number of hydrogen-bond acceptors (Lipinski definition) is 4. The summed E-state index contributed by atoms with van der Waals surface area (Å²) in [4.78, 5) is 6.58. The molecule has 1 aliphatic heterocycles. The monoisotopic (exact) mass is 510 g/mol. The van der Waals surface area contributed by atoms with Crippen LogP contribution in [0.15, 0.2) is 35.8 Å². The summed E-state index contributed by atoms with van der Waals surface area (Å²) in [5, 5.41) is 6.56. The van der Waals surface area contributed by atoms with Gasteiger partial charge in [-0.15, -0.1) is 30.6 Å². The topological polar surface area (TPSA) is 58.1 Å². The van der Waals surface area contributed by atoms with Crippen LogP contribution in [0.5, 0.6) is 11.5 Å². The maximum absolute atomic E-state index is 12.7. The van der Waals surface area contributed by atoms with Crippen molar-refractivity contribution in [1.29, 1.82) is 0 Å². The van der Waals surface area contributed by atoms with Crippen LogP contribution in [-0.2, 0) is 6.54 Å². The van der Waals surface area contributed by atoms with Gasteiger partial charge in [-0.05, 0) is 25.0 Å². The van der Waals surface area contributed by atoms with Crippen molar-refractivity contribution in [3.8, 4) is 11.5 Å². The molecule has 0 saturated carbocycles. The molecule has 1 fully saturated rings. The van der Waals surface area contributed by atoms with E-state index in [0.29, 0.717) is 29.9 Å². The quantitative estimate of drug-likeness (QED) is 0.244. The summed E-state index contributed by atoms with van der Waals surface area (Å²) in [5.41, 5.74) is 0.597. The van der Waals surface area contributed by atoms with Crippen LogP contribution in [0, 0.1) is 0 Å². The Kier molecular flexibility index (Phi) is 11.1. The Balaban J connectivity index is 0.00000392. The van der Waals surface area contributed by atoms with Crippen LogP contribution in [0.3, 0.4) is 0 Å². The van der Waals surface area contributed by atoms with Crippen molar-refractivity contribution in [1.82, 2.24) is 15.5 Å². The molecule has 2 N–H and O–H groups in total. The first kappa shape index (κ1) is 24.4. The zero-order valence-corrected chi connectivity index (χ0v) is 18.6. The Morgan fingerprint density at radius 1 is 1.39 bits per heavy atom. The van der Waals surface area contributed by atoms with E-state index in [-0.39, 0.29) is 29.7 Å². The molecule has 158 valence electrons. The smallest absolute Gasteiger partial charge is 0.387 e. The second-order valence-electron chi connectivity index (χ2n) is 6.29. The lowest BCUT2D eigenvalue weighted by Gasteiger charge is -2.32. The highest BCUT2D eigenvalue weighted by atomic mass is 127. The van der Waals surface area contributed by atoms with E-state index >= 15 is 0 Å². The van der Waals surface area contributed by atoms with Crippen LogP contribution >= 0.6 is 24.0 Å². The summed E-state index contributed by atoms with van der Waals surface area (Å²) in [6, 6.07) is 5.19. The second-order valence-corrected chi connectivity index (χ2v) is 6.29. The third kappa shape index (κ3) is 7.78. The largest absolute Gasteiger partial charge is 0.497 e. The maximum atomic E-state index is 12.7. The number of rotatable bonds is 8. The fourth-order valence-corrected chi connectivity index (χ4v) is 3.02. The fraction of sp³-hybridized carbons (Fsp3) is 0.526. The molecule has 0 amide bonds. The van der Waals surface area contributed by atoms with E-state index in [2.05, 4.69) is 31.8 Å². The van der Waals surface area contributed by atoms with Gasteiger partial charge in [0.15, 0.2) is 5.96 Å². The molecule has 0 spiro atoms. The Hall–Kier alpha value is -1.62. The highest BCUT2D eigenvalue weighted by Gasteiger charge is 2.19. The molecule has 0 unspecified atom stereocenters. The van der Waals surface area contributed by atoms with Crippen molar-refractivity contribution in [2.75, 3.05) is 33.8 Å². The summed E-state index contributed by atoms with van der Waals surface area (Å²) in [5.74, 6) is 1.18. The van der Waals surface area contributed by atoms with E-state index in [9.17, 15) is 8.78 Å². The van der Waals surface area contributed by atoms with Gasteiger partial charge in [-0.2, -0.15) is 8.78 Å². The van der Waals surface area contributed by atoms with Crippen LogP contribution in [0.1, 0.15) is 18.4 Å². The first-order chi connectivity index (χ1) is 13.0. The molecule has 0 aromatic heterocycles. The number of guanidine groups is 1. The Bertz CT molecular complexity index is 638. The molecule has 2 rings (SSSR count). The number of alkyl halides is 2. The number of benzene rings is 1. The molecule has 1 aromatic carbocycles. The minimum absolute atomic E-state index is 0. The van der Waals surface area contributed by atoms with E-state index in [1.54, 1.807) is 19.2 Å². The van der Waals surface area contributed by atoms with Gasteiger partial charge < -0.3 is 20.1 Å². The maximum Gasteiger partial charge on any atom is 0.387 e. The minimum atomic E-state index is -2.89. The Labute approximate surface area is 182 Å². The van der Waals surface area contributed by atoms with Gasteiger partial charge >= 0.3 is 6.61 Å². The standard InChI is InChI=1S/C19H28F2N4O2.HI/c1-4-9-25-10-7-15(8-11-25)24-19(22-2)23-13-14-5-6-16(26-3)12-17(14)27-18(20)21;/h4-6,12,15,18H,1,7-11,13H2,2-3H3,(H2,22,23,24);1H. The predicted molar refractivity (Wildman–Crippen MR) is 118 cm³/mol. The lowest BCUT2D eigenvalue weighted by molar-refractivity contribution is -0.0505. The van der Waals surface area contributed by atoms with Gasteiger partial charge in [0.05, 0.1) is 7.11 Å². The zero-order chi connectivity index (χ0) is 19.6. The number of hydrogen-bond donors (Lipinski definition) is 2. The molecule has 9 heteroatoms. The third-order valence-electron chi connectivity index (χ3n) is 4.48. The summed E-state index contributed by atoms with van der Waals surface area (Å²) >= 11 is 0. The number of ether oxygens (including phenoxy) is 2. The van der Waals surface area contributed by atoms with Crippen molar-refractivity contribution in [3.63, 3.8) is 0 Å². The van der Waals surface area contributed by atoms with E-state index in [1.165, 1.54) is 13.2 Å². The molecule has 1 saturated heterocycles. The highest BCUT2D eigenvalue weighted by Crippen LogP contribution is 2.26. The van der Waals surface area contributed by atoms with Crippen LogP contribution < -0.4 is 20.1 Å². The number of nitrogens with one attached hydrogen (secondary N) is 2. The lowest BCUT2D eigenvalue weighted by Crippen LogP contribution is -2.48. The van der Waals surface area contributed by atoms with Gasteiger partial charge in [-0.25, -0.2) is 0 Å². The molecule has 0 bridgehead atoms. The van der Waals surface area contributed by atoms with E-state index < -0.39 is 6.61 Å². The van der Waals surface area contributed by atoms with Crippen molar-refractivity contribution in [3.05, 3.63) is 36.4 Å². The molecule has 28 heavy (non-hydrogen) atoms. The SMILES string of the molecule is C=CCN1CCC(NC(=NC)NCc2ccc(OC)cc2OC(F)F)CC1.I. The number of nitrogens with zero attached hydrogens (tertiary/aromatic N) is 2. The van der Waals surface area contributed by atoms with Gasteiger partial charge in [0.25, 0.3) is 0 Å². The van der Waals surface area contributed by atoms with Crippen LogP contribution in [0.2, 0.25) is 0 Å². The number of halogens is 3. The summed E-state index contributed by atoms with van der Waals surface area (Å²) < 4.78 is 35.0. The Morgan fingerprint density at radius 2 is 2.11 bits per heavy atom. The molecule has 1 aliphatic rings. The zero-order valence-electron chi connectivity index (χ0n) is 16.3. The van der Waals surface area contributed by atoms with E-state index in [0.717, 1.165) is 32.5 Å². The van der Waals surface area contributed by atoms with Gasteiger partial charge in [-0.1, -0.05) is 6.08 Å². The molecule has 0 atom stereocenters. The van der Waals surface area contributed by atoms with Crippen LogP contribution in [-0.4, -0.2) is 57.3 Å². The first-order valence-electron chi connectivity index (χ1n) is 8.97. The average Bonchev–Trinajstić information content (AvgIpc) is 2.67. The number of aliphatic imine (C=N–C) groups is 1. The van der Waals surface area contributed by atoms with Crippen molar-refractivity contribution < 1.29 is 18.3 Å². The first-order valence-corrected chi connectivity index (χ1v) is 8.97. The molecular formula is C19H29F2IN4O2. The van der Waals surface area contributed by atoms with Gasteiger partial charge in [0.2, 0.25) is 0 Å². The van der Waals surface area contributed by atoms with Crippen molar-refractivity contribution >= 4 is 29.9 Å². The molecule has 6 nitrogen and oxygen atoms in total. The van der Waals surface area contributed by atoms with Gasteiger partial charge in [0, 0.05) is 50.9 Å². The van der Waals surface area contributed by atoms with Gasteiger partial charge in [0.1, 0.15) is 11.5 Å². The Morgan fingerprint density at radius 3 is 2.68 bits per heavy atom. The molecule has 1 heterocycles. The van der Waals surface area contributed by atoms with Gasteiger partial charge in [-0.3, -0.25) is 9.89 Å². The second kappa shape index (κ2) is 12.8. The van der Waals surface area contributed by atoms with Crippen molar-refractivity contribution in [2.45, 2.75) is 32.0 Å². The lowest BCUT2D eigenvalue weighted by atomic mass is 10.1. The molecular weight excluding hydrogens is 481 g/mol. The summed E-state index contributed by atoms with van der Waals surface area (Å²) in [6.07, 6.45) is 3.94. The van der Waals surface area contributed by atoms with Crippen molar-refractivity contribution in [2.24, 2.45) is 4.99 Å². The molecule has 0 aliphatic carbocycles. The fourth-order valence-electron chi connectivity index (χ4n) is 3.02. The third-order valence-corrected chi connectivity index (χ3v) is 4.48. The minimum Gasteiger partial charge on any atom is -0.497 e. The molecule has 0 radical (unpaired) electrons. The van der Waals surface area contributed by atoms with E-state index in [4.69, 9.17) is 4.74 Å². The summed E-state index contributed by atoms with van der Waals surface area (Å²) in [6.45, 7) is 4.10. The molecule has 1 aromatic rings.